The summed E-state index contributed by atoms with van der Waals surface area (Å²) in [6, 6.07) is 23.3. The van der Waals surface area contributed by atoms with Gasteiger partial charge in [0.1, 0.15) is 11.5 Å². The standard InChI is InChI=1S/C28H26N4O3S/c1-17-7-5-8-20(15-17)26-30-27(35-31-26)24-18(2)32(21-9-6-10-23(16-21)34-4)28(36)29-25(24)19-11-13-22(33-3)14-12-19/h5-16,25H,1-4H3,(H,29,36). The molecule has 1 aliphatic heterocycles. The molecule has 1 N–H and O–H groups in total. The number of methoxy groups -OCH3 is 2. The number of aromatic nitrogens is 2. The van der Waals surface area contributed by atoms with Crippen LogP contribution in [0.2, 0.25) is 0 Å². The molecule has 1 aromatic heterocycles. The average molecular weight is 499 g/mol. The maximum Gasteiger partial charge on any atom is 0.258 e. The van der Waals surface area contributed by atoms with Crippen LogP contribution < -0.4 is 19.7 Å². The van der Waals surface area contributed by atoms with Crippen LogP contribution in [0.5, 0.6) is 11.5 Å². The van der Waals surface area contributed by atoms with Gasteiger partial charge in [0, 0.05) is 17.3 Å². The molecular weight excluding hydrogens is 472 g/mol. The van der Waals surface area contributed by atoms with E-state index in [1.165, 1.54) is 0 Å². The molecule has 8 heteroatoms. The minimum absolute atomic E-state index is 0.295. The molecule has 5 rings (SSSR count). The van der Waals surface area contributed by atoms with E-state index in [0.29, 0.717) is 16.8 Å². The molecule has 0 amide bonds. The van der Waals surface area contributed by atoms with Gasteiger partial charge in [-0.05, 0) is 62.0 Å². The summed E-state index contributed by atoms with van der Waals surface area (Å²) in [6.45, 7) is 4.05. The zero-order valence-electron chi connectivity index (χ0n) is 20.5. The molecule has 2 heterocycles. The smallest absolute Gasteiger partial charge is 0.258 e. The van der Waals surface area contributed by atoms with Crippen molar-refractivity contribution in [2.75, 3.05) is 19.1 Å². The van der Waals surface area contributed by atoms with Crippen LogP contribution in [0.1, 0.15) is 30.0 Å². The minimum Gasteiger partial charge on any atom is -0.497 e. The van der Waals surface area contributed by atoms with Gasteiger partial charge in [0.15, 0.2) is 5.11 Å². The van der Waals surface area contributed by atoms with Crippen molar-refractivity contribution in [3.63, 3.8) is 0 Å². The third-order valence-corrected chi connectivity index (χ3v) is 6.48. The van der Waals surface area contributed by atoms with Crippen molar-refractivity contribution in [3.05, 3.63) is 95.5 Å². The van der Waals surface area contributed by atoms with Crippen LogP contribution >= 0.6 is 12.2 Å². The Kier molecular flexibility index (Phi) is 6.43. The second kappa shape index (κ2) is 9.83. The monoisotopic (exact) mass is 498 g/mol. The Morgan fingerprint density at radius 3 is 2.39 bits per heavy atom. The van der Waals surface area contributed by atoms with E-state index in [2.05, 4.69) is 10.5 Å². The first-order valence-corrected chi connectivity index (χ1v) is 11.9. The van der Waals surface area contributed by atoms with Gasteiger partial charge in [0.25, 0.3) is 5.89 Å². The molecule has 0 saturated heterocycles. The lowest BCUT2D eigenvalue weighted by molar-refractivity contribution is 0.404. The molecule has 7 nitrogen and oxygen atoms in total. The van der Waals surface area contributed by atoms with Crippen molar-refractivity contribution in [3.8, 4) is 22.9 Å². The van der Waals surface area contributed by atoms with Crippen LogP contribution in [0, 0.1) is 6.92 Å². The van der Waals surface area contributed by atoms with E-state index in [4.69, 9.17) is 31.2 Å². The van der Waals surface area contributed by atoms with Gasteiger partial charge in [-0.25, -0.2) is 0 Å². The van der Waals surface area contributed by atoms with Gasteiger partial charge in [0.05, 0.1) is 31.5 Å². The first-order chi connectivity index (χ1) is 17.5. The highest BCUT2D eigenvalue weighted by atomic mass is 32.1. The zero-order chi connectivity index (χ0) is 25.2. The number of rotatable bonds is 6. The Balaban J connectivity index is 1.65. The van der Waals surface area contributed by atoms with Gasteiger partial charge in [-0.1, -0.05) is 47.1 Å². The molecular formula is C28H26N4O3S. The van der Waals surface area contributed by atoms with Gasteiger partial charge in [-0.15, -0.1) is 0 Å². The highest BCUT2D eigenvalue weighted by Crippen LogP contribution is 2.40. The molecule has 36 heavy (non-hydrogen) atoms. The van der Waals surface area contributed by atoms with E-state index in [9.17, 15) is 0 Å². The molecule has 4 aromatic rings. The van der Waals surface area contributed by atoms with Crippen LogP contribution in [-0.4, -0.2) is 29.5 Å². The SMILES string of the molecule is COc1ccc(C2NC(=S)N(c3cccc(OC)c3)C(C)=C2c2nc(-c3cccc(C)c3)no2)cc1. The summed E-state index contributed by atoms with van der Waals surface area (Å²) < 4.78 is 16.6. The van der Waals surface area contributed by atoms with E-state index in [-0.39, 0.29) is 6.04 Å². The molecule has 0 spiro atoms. The van der Waals surface area contributed by atoms with E-state index in [0.717, 1.165) is 45.1 Å². The molecule has 0 fully saturated rings. The summed E-state index contributed by atoms with van der Waals surface area (Å²) in [5.41, 5.74) is 5.60. The molecule has 1 atom stereocenters. The summed E-state index contributed by atoms with van der Waals surface area (Å²) in [6.07, 6.45) is 0. The molecule has 0 radical (unpaired) electrons. The van der Waals surface area contributed by atoms with Gasteiger partial charge < -0.3 is 19.3 Å². The number of allylic oxidation sites excluding steroid dienone is 1. The number of aryl methyl sites for hydroxylation is 1. The lowest BCUT2D eigenvalue weighted by Crippen LogP contribution is -2.46. The van der Waals surface area contributed by atoms with E-state index >= 15 is 0 Å². The number of nitrogens with zero attached hydrogens (tertiary/aromatic N) is 3. The van der Waals surface area contributed by atoms with Crippen LogP contribution in [0.4, 0.5) is 5.69 Å². The van der Waals surface area contributed by atoms with Crippen molar-refractivity contribution in [2.45, 2.75) is 19.9 Å². The fraction of sp³-hybridized carbons (Fsp3) is 0.179. The predicted octanol–water partition coefficient (Wildman–Crippen LogP) is 5.93. The second-order valence-corrected chi connectivity index (χ2v) is 8.87. The van der Waals surface area contributed by atoms with Crippen molar-refractivity contribution in [1.82, 2.24) is 15.5 Å². The lowest BCUT2D eigenvalue weighted by atomic mass is 9.94. The number of ether oxygens (including phenoxy) is 2. The summed E-state index contributed by atoms with van der Waals surface area (Å²) in [4.78, 5) is 6.76. The van der Waals surface area contributed by atoms with Crippen LogP contribution in [0.15, 0.2) is 83.0 Å². The quantitative estimate of drug-likeness (QED) is 0.328. The second-order valence-electron chi connectivity index (χ2n) is 8.48. The van der Waals surface area contributed by atoms with Crippen LogP contribution in [0.25, 0.3) is 17.0 Å². The van der Waals surface area contributed by atoms with Gasteiger partial charge >= 0.3 is 0 Å². The number of hydrogen-bond acceptors (Lipinski definition) is 6. The molecule has 3 aromatic carbocycles. The van der Waals surface area contributed by atoms with Crippen molar-refractivity contribution < 1.29 is 14.0 Å². The Hall–Kier alpha value is -4.17. The number of hydrogen-bond donors (Lipinski definition) is 1. The number of benzene rings is 3. The fourth-order valence-electron chi connectivity index (χ4n) is 4.36. The Bertz CT molecular complexity index is 1450. The fourth-order valence-corrected chi connectivity index (χ4v) is 4.72. The summed E-state index contributed by atoms with van der Waals surface area (Å²) in [5, 5.41) is 8.34. The van der Waals surface area contributed by atoms with Crippen molar-refractivity contribution >= 4 is 28.6 Å². The van der Waals surface area contributed by atoms with Gasteiger partial charge in [-0.3, -0.25) is 4.90 Å². The average Bonchev–Trinajstić information content (AvgIpc) is 3.38. The molecule has 182 valence electrons. The molecule has 0 bridgehead atoms. The minimum atomic E-state index is -0.295. The van der Waals surface area contributed by atoms with E-state index in [1.807, 2.05) is 91.5 Å². The normalized spacial score (nSPS) is 15.6. The van der Waals surface area contributed by atoms with E-state index < -0.39 is 0 Å². The largest absolute Gasteiger partial charge is 0.497 e. The first-order valence-electron chi connectivity index (χ1n) is 11.5. The van der Waals surface area contributed by atoms with Crippen molar-refractivity contribution in [1.29, 1.82) is 0 Å². The third-order valence-electron chi connectivity index (χ3n) is 6.18. The Labute approximate surface area is 215 Å². The number of thiocarbonyl (C=S) groups is 1. The van der Waals surface area contributed by atoms with Crippen LogP contribution in [-0.2, 0) is 0 Å². The maximum absolute atomic E-state index is 5.85. The number of anilines is 1. The van der Waals surface area contributed by atoms with Gasteiger partial charge in [-0.2, -0.15) is 4.98 Å². The lowest BCUT2D eigenvalue weighted by Gasteiger charge is -2.37. The van der Waals surface area contributed by atoms with Crippen molar-refractivity contribution in [2.24, 2.45) is 0 Å². The topological polar surface area (TPSA) is 72.7 Å². The maximum atomic E-state index is 5.85. The molecule has 1 unspecified atom stereocenters. The summed E-state index contributed by atoms with van der Waals surface area (Å²) in [5.74, 6) is 2.47. The molecule has 1 aliphatic rings. The third kappa shape index (κ3) is 4.43. The zero-order valence-corrected chi connectivity index (χ0v) is 21.3. The van der Waals surface area contributed by atoms with Crippen LogP contribution in [0.3, 0.4) is 0 Å². The Morgan fingerprint density at radius 1 is 0.917 bits per heavy atom. The highest BCUT2D eigenvalue weighted by Gasteiger charge is 2.35. The number of nitrogens with one attached hydrogen (secondary N) is 1. The van der Waals surface area contributed by atoms with E-state index in [1.54, 1.807) is 14.2 Å². The summed E-state index contributed by atoms with van der Waals surface area (Å²) >= 11 is 5.84. The summed E-state index contributed by atoms with van der Waals surface area (Å²) in [7, 11) is 3.29. The molecule has 0 saturated carbocycles. The first kappa shape index (κ1) is 23.6. The highest BCUT2D eigenvalue weighted by molar-refractivity contribution is 7.80. The van der Waals surface area contributed by atoms with Gasteiger partial charge in [0.2, 0.25) is 5.82 Å². The Morgan fingerprint density at radius 2 is 1.67 bits per heavy atom. The molecule has 0 aliphatic carbocycles. The predicted molar refractivity (Wildman–Crippen MR) is 144 cm³/mol.